The highest BCUT2D eigenvalue weighted by atomic mass is 16.4. The number of allylic oxidation sites excluding steroid dienone is 6. The van der Waals surface area contributed by atoms with Crippen LogP contribution >= 0.6 is 0 Å². The van der Waals surface area contributed by atoms with E-state index >= 15 is 0 Å². The highest BCUT2D eigenvalue weighted by Crippen LogP contribution is 2.35. The lowest BCUT2D eigenvalue weighted by Crippen LogP contribution is -1.98. The third kappa shape index (κ3) is 3.69. The summed E-state index contributed by atoms with van der Waals surface area (Å²) in [4.78, 5) is 40.5. The normalized spacial score (nSPS) is 13.2. The summed E-state index contributed by atoms with van der Waals surface area (Å²) in [5, 5.41) is 20.0. The van der Waals surface area contributed by atoms with Crippen LogP contribution in [-0.4, -0.2) is 42.1 Å². The molecule has 0 spiro atoms. The lowest BCUT2D eigenvalue weighted by atomic mass is 10.0. The van der Waals surface area contributed by atoms with E-state index in [1.54, 1.807) is 38.1 Å². The van der Waals surface area contributed by atoms with E-state index in [-0.39, 0.29) is 22.2 Å². The largest absolute Gasteiger partial charge is 0.478 e. The fourth-order valence-corrected chi connectivity index (χ4v) is 5.10. The molecule has 0 saturated carbocycles. The second-order valence-electron chi connectivity index (χ2n) is 9.34. The molecule has 8 nitrogen and oxygen atoms in total. The number of carbonyl (C=O) groups is 2. The molecule has 0 unspecified atom stereocenters. The van der Waals surface area contributed by atoms with Crippen LogP contribution in [0.3, 0.4) is 0 Å². The van der Waals surface area contributed by atoms with Crippen molar-refractivity contribution >= 4 is 56.3 Å². The molecule has 0 radical (unpaired) electrons. The maximum Gasteiger partial charge on any atom is 0.338 e. The number of aromatic carboxylic acids is 2. The number of nitrogens with zero attached hydrogens (tertiary/aromatic N) is 2. The van der Waals surface area contributed by atoms with Crippen molar-refractivity contribution in [1.29, 1.82) is 0 Å². The van der Waals surface area contributed by atoms with Crippen molar-refractivity contribution in [2.75, 3.05) is 0 Å². The highest BCUT2D eigenvalue weighted by Gasteiger charge is 2.22. The predicted molar refractivity (Wildman–Crippen MR) is 150 cm³/mol. The van der Waals surface area contributed by atoms with E-state index in [4.69, 9.17) is 9.97 Å². The molecule has 5 heterocycles. The lowest BCUT2D eigenvalue weighted by Gasteiger charge is -1.98. The zero-order chi connectivity index (χ0) is 27.5. The number of carboxylic acids is 2. The minimum Gasteiger partial charge on any atom is -0.478 e. The monoisotopic (exact) mass is 506 g/mol. The molecule has 0 aliphatic carbocycles. The lowest BCUT2D eigenvalue weighted by molar-refractivity contribution is 0.0688. The van der Waals surface area contributed by atoms with Crippen LogP contribution in [0.1, 0.15) is 68.5 Å². The number of aromatic nitrogens is 4. The summed E-state index contributed by atoms with van der Waals surface area (Å²) in [6.07, 6.45) is 3.47. The van der Waals surface area contributed by atoms with Gasteiger partial charge in [0.2, 0.25) is 0 Å². The minimum atomic E-state index is -1.13. The third-order valence-corrected chi connectivity index (χ3v) is 7.21. The molecule has 5 rings (SSSR count). The zero-order valence-corrected chi connectivity index (χ0v) is 21.5. The van der Waals surface area contributed by atoms with Gasteiger partial charge in [0, 0.05) is 22.2 Å². The Labute approximate surface area is 218 Å². The van der Waals surface area contributed by atoms with Gasteiger partial charge in [-0.2, -0.15) is 0 Å². The van der Waals surface area contributed by atoms with Crippen molar-refractivity contribution in [2.24, 2.45) is 0 Å². The third-order valence-electron chi connectivity index (χ3n) is 7.21. The summed E-state index contributed by atoms with van der Waals surface area (Å²) in [6, 6.07) is 7.00. The number of carboxylic acid groups (broad SMARTS) is 2. The molecule has 190 valence electrons. The van der Waals surface area contributed by atoms with Gasteiger partial charge >= 0.3 is 11.9 Å². The summed E-state index contributed by atoms with van der Waals surface area (Å²) in [5.74, 6) is -2.25. The molecule has 8 heteroatoms. The SMILES string of the molecule is C=CC1=C(C)c2cc3[nH]c(cc4[nH]c(cc5nc(cc1n2)C(C)=C5C=C)c(C)c4C(=O)O)c(C(=O)O)c3C. The molecule has 0 amide bonds. The number of nitrogens with one attached hydrogen (secondary N) is 2. The summed E-state index contributed by atoms with van der Waals surface area (Å²) in [6.45, 7) is 15.2. The van der Waals surface area contributed by atoms with E-state index in [0.717, 1.165) is 22.3 Å². The van der Waals surface area contributed by atoms with Crippen LogP contribution in [0.5, 0.6) is 0 Å². The second kappa shape index (κ2) is 8.85. The maximum atomic E-state index is 12.3. The first-order valence-corrected chi connectivity index (χ1v) is 12.0. The number of aryl methyl sites for hydroxylation is 2. The van der Waals surface area contributed by atoms with Crippen LogP contribution < -0.4 is 0 Å². The van der Waals surface area contributed by atoms with Crippen LogP contribution in [0.25, 0.3) is 44.4 Å². The van der Waals surface area contributed by atoms with E-state index in [9.17, 15) is 19.8 Å². The maximum absolute atomic E-state index is 12.3. The molecule has 3 aromatic rings. The van der Waals surface area contributed by atoms with Crippen molar-refractivity contribution in [3.8, 4) is 0 Å². The molecule has 8 bridgehead atoms. The minimum absolute atomic E-state index is 0.0540. The van der Waals surface area contributed by atoms with E-state index in [0.29, 0.717) is 44.9 Å². The van der Waals surface area contributed by atoms with Crippen LogP contribution in [0.15, 0.2) is 49.6 Å². The molecular formula is C30H26N4O4. The zero-order valence-electron chi connectivity index (χ0n) is 21.5. The Hall–Kier alpha value is -4.98. The van der Waals surface area contributed by atoms with Gasteiger partial charge in [0.1, 0.15) is 0 Å². The van der Waals surface area contributed by atoms with Gasteiger partial charge in [0.15, 0.2) is 0 Å². The van der Waals surface area contributed by atoms with Crippen molar-refractivity contribution in [1.82, 2.24) is 19.9 Å². The number of H-pyrrole nitrogens is 2. The molecule has 38 heavy (non-hydrogen) atoms. The molecule has 0 aromatic carbocycles. The van der Waals surface area contributed by atoms with Crippen LogP contribution in [0.2, 0.25) is 0 Å². The van der Waals surface area contributed by atoms with Crippen LogP contribution in [-0.2, 0) is 0 Å². The van der Waals surface area contributed by atoms with Crippen LogP contribution in [0, 0.1) is 13.8 Å². The number of rotatable bonds is 4. The Bertz CT molecular complexity index is 1850. The van der Waals surface area contributed by atoms with E-state index in [1.165, 1.54) is 6.07 Å². The molecule has 0 saturated heterocycles. The fourth-order valence-electron chi connectivity index (χ4n) is 5.10. The standard InChI is InChI=1S/C30H26N4O4/c1-7-17-13(3)19-9-21-15(5)27(29(35)36)25(33-21)12-26-28(30(37)38)16(6)22(34-26)11-24-18(8-2)14(4)20(32-24)10-23(17)31-19/h7-12,33-34H,1-2H2,3-6H3,(H,35,36)(H,37,38). The van der Waals surface area contributed by atoms with Gasteiger partial charge in [-0.1, -0.05) is 25.3 Å². The summed E-state index contributed by atoms with van der Waals surface area (Å²) in [7, 11) is 0. The van der Waals surface area contributed by atoms with Gasteiger partial charge in [-0.3, -0.25) is 0 Å². The van der Waals surface area contributed by atoms with Gasteiger partial charge in [-0.25, -0.2) is 19.6 Å². The van der Waals surface area contributed by atoms with E-state index in [2.05, 4.69) is 23.1 Å². The van der Waals surface area contributed by atoms with Crippen LogP contribution in [0.4, 0.5) is 0 Å². The molecule has 0 fully saturated rings. The average Bonchev–Trinajstić information content (AvgIpc) is 3.51. The predicted octanol–water partition coefficient (Wildman–Crippen LogP) is 6.56. The first kappa shape index (κ1) is 24.7. The van der Waals surface area contributed by atoms with E-state index in [1.807, 2.05) is 19.9 Å². The smallest absolute Gasteiger partial charge is 0.338 e. The van der Waals surface area contributed by atoms with Gasteiger partial charge in [0.25, 0.3) is 0 Å². The molecule has 2 aliphatic heterocycles. The van der Waals surface area contributed by atoms with Crippen molar-refractivity contribution in [3.05, 3.63) is 94.6 Å². The number of aromatic amines is 2. The Morgan fingerprint density at radius 3 is 1.47 bits per heavy atom. The van der Waals surface area contributed by atoms with Gasteiger partial charge in [-0.05, 0) is 74.2 Å². The summed E-state index contributed by atoms with van der Waals surface area (Å²) >= 11 is 0. The Balaban J connectivity index is 2.06. The first-order chi connectivity index (χ1) is 18.0. The van der Waals surface area contributed by atoms with Gasteiger partial charge < -0.3 is 20.2 Å². The summed E-state index contributed by atoms with van der Waals surface area (Å²) < 4.78 is 0. The fraction of sp³-hybridized carbons (Fsp3) is 0.133. The first-order valence-electron chi connectivity index (χ1n) is 12.0. The number of fused-ring (bicyclic) bond motifs is 8. The van der Waals surface area contributed by atoms with Crippen molar-refractivity contribution < 1.29 is 19.8 Å². The van der Waals surface area contributed by atoms with Gasteiger partial charge in [0.05, 0.1) is 44.9 Å². The molecule has 4 N–H and O–H groups in total. The number of hydrogen-bond acceptors (Lipinski definition) is 4. The van der Waals surface area contributed by atoms with Gasteiger partial charge in [-0.15, -0.1) is 0 Å². The molecule has 2 aliphatic rings. The molecule has 0 atom stereocenters. The summed E-state index contributed by atoms with van der Waals surface area (Å²) in [5.41, 5.74) is 9.00. The Kier molecular flexibility index (Phi) is 5.75. The second-order valence-corrected chi connectivity index (χ2v) is 9.34. The molecule has 3 aromatic heterocycles. The quantitative estimate of drug-likeness (QED) is 0.317. The number of hydrogen-bond donors (Lipinski definition) is 4. The Morgan fingerprint density at radius 2 is 1.05 bits per heavy atom. The topological polar surface area (TPSA) is 132 Å². The average molecular weight is 507 g/mol. The Morgan fingerprint density at radius 1 is 0.658 bits per heavy atom. The molecular weight excluding hydrogens is 480 g/mol. The van der Waals surface area contributed by atoms with Crippen molar-refractivity contribution in [3.63, 3.8) is 0 Å². The highest BCUT2D eigenvalue weighted by molar-refractivity contribution is 6.05. The van der Waals surface area contributed by atoms with Crippen molar-refractivity contribution in [2.45, 2.75) is 27.7 Å². The van der Waals surface area contributed by atoms with E-state index < -0.39 is 11.9 Å².